The monoisotopic (exact) mass is 1140 g/mol. The number of β-amino-alcohol motifs (C(OH)–C–C–N with tert-alkyl or cyclic N) is 1. The molecule has 3 aliphatic rings. The Kier molecular flexibility index (Phi) is 18.8. The molecule has 79 heavy (non-hydrogen) atoms. The Hall–Kier alpha value is -5.64. The number of aliphatic hydroxyl groups excluding tert-OH is 1. The second-order valence-corrected chi connectivity index (χ2v) is 24.7. The fourth-order valence-electron chi connectivity index (χ4n) is 9.95. The molecule has 21 heteroatoms. The Morgan fingerprint density at radius 1 is 0.924 bits per heavy atom. The van der Waals surface area contributed by atoms with Gasteiger partial charge < -0.3 is 58.7 Å². The molecule has 426 valence electrons. The number of benzene rings is 3. The third-order valence-electron chi connectivity index (χ3n) is 14.5. The number of halogens is 2. The van der Waals surface area contributed by atoms with Crippen LogP contribution in [0.3, 0.4) is 0 Å². The molecule has 3 aromatic carbocycles. The van der Waals surface area contributed by atoms with E-state index in [-0.39, 0.29) is 57.3 Å². The number of aromatic nitrogens is 3. The van der Waals surface area contributed by atoms with Gasteiger partial charge in [-0.05, 0) is 94.5 Å². The molecule has 0 bridgehead atoms. The van der Waals surface area contributed by atoms with Crippen molar-refractivity contribution in [3.05, 3.63) is 118 Å². The first-order chi connectivity index (χ1) is 37.4. The predicted octanol–water partition coefficient (Wildman–Crippen LogP) is 7.97. The summed E-state index contributed by atoms with van der Waals surface area (Å²) in [6, 6.07) is 18.7. The number of rotatable bonds is 21. The summed E-state index contributed by atoms with van der Waals surface area (Å²) in [6.07, 6.45) is 4.15. The van der Waals surface area contributed by atoms with Crippen LogP contribution < -0.4 is 20.3 Å². The zero-order chi connectivity index (χ0) is 56.9. The number of piperazine rings is 1. The fourth-order valence-corrected chi connectivity index (χ4v) is 11.3. The third kappa shape index (κ3) is 15.2. The molecule has 3 fully saturated rings. The molecule has 8 rings (SSSR count). The molecule has 18 nitrogen and oxygen atoms in total. The van der Waals surface area contributed by atoms with Gasteiger partial charge in [0.05, 0.1) is 77.0 Å². The smallest absolute Gasteiger partial charge is 0.246 e. The number of imidazole rings is 1. The molecule has 0 radical (unpaired) electrons. The highest BCUT2D eigenvalue weighted by Crippen LogP contribution is 2.41. The van der Waals surface area contributed by atoms with Crippen molar-refractivity contribution in [2.75, 3.05) is 64.1 Å². The molecule has 0 saturated carbocycles. The summed E-state index contributed by atoms with van der Waals surface area (Å²) in [7, 11) is 0. The van der Waals surface area contributed by atoms with Crippen molar-refractivity contribution >= 4 is 63.9 Å². The summed E-state index contributed by atoms with van der Waals surface area (Å²) < 4.78 is 33.3. The van der Waals surface area contributed by atoms with Crippen LogP contribution in [0, 0.1) is 12.3 Å². The SMILES string of the molecule is Cc1ncsc1-c1ccc([C@H](C)NC(=O)[C@@H]2C[C@@H](O)CN2C(=O)C(NC(=O)COC(C)(C)COC(C)(C)CC(=O)N2CCN(c3ccc(OC[C@H]4CO[C@](Cn5ccnc5)(c5ccc(Cl)cc5Cl)O4)cc3)CC2)C(C)(C)C)cc1. The van der Waals surface area contributed by atoms with Crippen molar-refractivity contribution in [2.45, 2.75) is 129 Å². The van der Waals surface area contributed by atoms with E-state index in [1.807, 2.05) is 124 Å². The third-order valence-corrected chi connectivity index (χ3v) is 16.0. The Labute approximate surface area is 477 Å². The van der Waals surface area contributed by atoms with Crippen LogP contribution in [0.25, 0.3) is 10.4 Å². The van der Waals surface area contributed by atoms with Crippen molar-refractivity contribution < 1.29 is 48.0 Å². The summed E-state index contributed by atoms with van der Waals surface area (Å²) in [5, 5.41) is 17.6. The maximum Gasteiger partial charge on any atom is 0.246 e. The molecular formula is C58H74Cl2N8O10S. The predicted molar refractivity (Wildman–Crippen MR) is 303 cm³/mol. The summed E-state index contributed by atoms with van der Waals surface area (Å²) in [4.78, 5) is 70.3. The number of thiazole rings is 1. The standard InChI is InChI=1S/C58H74Cl2N8O10S/c1-37(39-10-12-40(13-11-39)51-38(2)62-36-79-51)63-53(72)48-27-43(69)29-68(48)54(73)52(55(3,4)5)64-49(70)32-75-57(8,9)34-77-56(6,7)28-50(71)67-24-22-66(23-25-67)42-15-17-44(18-16-42)74-30-45-31-76-58(78-45,33-65-21-20-61-35-65)46-19-14-41(59)26-47(46)60/h10-21,26,35-37,43,45,48,52,69H,22-25,27-34H2,1-9H3,(H,63,72)(H,64,70)/t37-,43+,45-,48-,52?,58-/m0/s1. The van der Waals surface area contributed by atoms with Crippen LogP contribution in [0.2, 0.25) is 10.0 Å². The normalized spacial score (nSPS) is 20.8. The van der Waals surface area contributed by atoms with E-state index < -0.39 is 58.3 Å². The van der Waals surface area contributed by atoms with E-state index in [1.54, 1.807) is 49.8 Å². The highest BCUT2D eigenvalue weighted by Gasteiger charge is 2.47. The average Bonchev–Trinajstić information content (AvgIpc) is 4.40. The number of anilines is 1. The molecule has 6 atom stereocenters. The number of aliphatic hydroxyl groups is 1. The van der Waals surface area contributed by atoms with E-state index in [2.05, 4.69) is 25.5 Å². The van der Waals surface area contributed by atoms with Crippen LogP contribution in [0.5, 0.6) is 5.75 Å². The number of nitrogens with zero attached hydrogens (tertiary/aromatic N) is 6. The van der Waals surface area contributed by atoms with Crippen LogP contribution in [-0.4, -0.2) is 148 Å². The maximum absolute atomic E-state index is 14.3. The lowest BCUT2D eigenvalue weighted by Gasteiger charge is -2.38. The van der Waals surface area contributed by atoms with Crippen LogP contribution in [0.1, 0.15) is 91.1 Å². The van der Waals surface area contributed by atoms with E-state index in [4.69, 9.17) is 46.9 Å². The van der Waals surface area contributed by atoms with E-state index in [9.17, 15) is 24.3 Å². The van der Waals surface area contributed by atoms with Crippen molar-refractivity contribution in [1.29, 1.82) is 0 Å². The zero-order valence-electron chi connectivity index (χ0n) is 46.5. The largest absolute Gasteiger partial charge is 0.491 e. The van der Waals surface area contributed by atoms with Gasteiger partial charge in [0, 0.05) is 67.8 Å². The molecule has 3 saturated heterocycles. The quantitative estimate of drug-likeness (QED) is 0.0640. The minimum atomic E-state index is -1.15. The lowest BCUT2D eigenvalue weighted by molar-refractivity contribution is -0.189. The van der Waals surface area contributed by atoms with Gasteiger partial charge in [-0.15, -0.1) is 11.3 Å². The molecule has 5 aromatic rings. The topological polar surface area (TPSA) is 199 Å². The number of aryl methyl sites for hydroxylation is 1. The first-order valence-corrected chi connectivity index (χ1v) is 28.4. The van der Waals surface area contributed by atoms with Gasteiger partial charge in [0.2, 0.25) is 29.4 Å². The Morgan fingerprint density at radius 2 is 1.65 bits per heavy atom. The summed E-state index contributed by atoms with van der Waals surface area (Å²) in [5.41, 5.74) is 3.83. The number of carbonyl (C=O) groups is 4. The summed E-state index contributed by atoms with van der Waals surface area (Å²) in [5.74, 6) is -1.88. The molecule has 2 aromatic heterocycles. The first kappa shape index (κ1) is 59.5. The minimum Gasteiger partial charge on any atom is -0.491 e. The molecule has 0 spiro atoms. The highest BCUT2D eigenvalue weighted by atomic mass is 35.5. The van der Waals surface area contributed by atoms with E-state index in [1.165, 1.54) is 4.90 Å². The van der Waals surface area contributed by atoms with Gasteiger partial charge in [0.15, 0.2) is 0 Å². The van der Waals surface area contributed by atoms with E-state index in [0.29, 0.717) is 60.7 Å². The molecule has 3 N–H and O–H groups in total. The van der Waals surface area contributed by atoms with Crippen LogP contribution in [0.15, 0.2) is 91.0 Å². The van der Waals surface area contributed by atoms with Gasteiger partial charge in [-0.3, -0.25) is 19.2 Å². The Balaban J connectivity index is 0.755. The zero-order valence-corrected chi connectivity index (χ0v) is 48.8. The van der Waals surface area contributed by atoms with E-state index in [0.717, 1.165) is 27.4 Å². The Bertz CT molecular complexity index is 2890. The maximum atomic E-state index is 14.3. The van der Waals surface area contributed by atoms with Gasteiger partial charge in [0.1, 0.15) is 37.2 Å². The molecule has 5 heterocycles. The summed E-state index contributed by atoms with van der Waals surface area (Å²) in [6.45, 7) is 19.6. The van der Waals surface area contributed by atoms with Crippen molar-refractivity contribution in [3.8, 4) is 16.2 Å². The minimum absolute atomic E-state index is 0.0254. The summed E-state index contributed by atoms with van der Waals surface area (Å²) >= 11 is 14.4. The number of hydrogen-bond donors (Lipinski definition) is 3. The number of hydrogen-bond acceptors (Lipinski definition) is 14. The number of likely N-dealkylation sites (tertiary alicyclic amines) is 1. The fraction of sp³-hybridized carbons (Fsp3) is 0.517. The molecular weight excluding hydrogens is 1070 g/mol. The van der Waals surface area contributed by atoms with Gasteiger partial charge in [-0.2, -0.15) is 0 Å². The van der Waals surface area contributed by atoms with Crippen LogP contribution >= 0.6 is 34.5 Å². The van der Waals surface area contributed by atoms with Crippen LogP contribution in [0.4, 0.5) is 5.69 Å². The lowest BCUT2D eigenvalue weighted by Crippen LogP contribution is -2.58. The van der Waals surface area contributed by atoms with Gasteiger partial charge in [-0.25, -0.2) is 9.97 Å². The second kappa shape index (κ2) is 25.0. The molecule has 3 aliphatic heterocycles. The average molecular weight is 1150 g/mol. The lowest BCUT2D eigenvalue weighted by atomic mass is 9.85. The van der Waals surface area contributed by atoms with Crippen molar-refractivity contribution in [1.82, 2.24) is 35.0 Å². The number of amides is 4. The van der Waals surface area contributed by atoms with Gasteiger partial charge in [-0.1, -0.05) is 74.3 Å². The van der Waals surface area contributed by atoms with Gasteiger partial charge in [0.25, 0.3) is 0 Å². The highest BCUT2D eigenvalue weighted by molar-refractivity contribution is 7.13. The van der Waals surface area contributed by atoms with Crippen molar-refractivity contribution in [3.63, 3.8) is 0 Å². The Morgan fingerprint density at radius 3 is 2.29 bits per heavy atom. The number of nitrogens with one attached hydrogen (secondary N) is 2. The number of ether oxygens (including phenoxy) is 5. The van der Waals surface area contributed by atoms with Crippen LogP contribution in [-0.2, 0) is 50.5 Å². The van der Waals surface area contributed by atoms with E-state index >= 15 is 0 Å². The molecule has 1 unspecified atom stereocenters. The van der Waals surface area contributed by atoms with Gasteiger partial charge >= 0.3 is 0 Å². The molecule has 0 aliphatic carbocycles. The first-order valence-electron chi connectivity index (χ1n) is 26.7. The second-order valence-electron chi connectivity index (χ2n) is 23.0. The van der Waals surface area contributed by atoms with Crippen molar-refractivity contribution in [2.24, 2.45) is 5.41 Å². The molecule has 4 amide bonds. The number of carbonyl (C=O) groups excluding carboxylic acids is 4.